The van der Waals surface area contributed by atoms with Crippen LogP contribution in [0.3, 0.4) is 0 Å². The molecule has 2 aromatic heterocycles. The minimum Gasteiger partial charge on any atom is -0.355 e. The number of hydrogen-bond donors (Lipinski definition) is 2. The van der Waals surface area contributed by atoms with Crippen molar-refractivity contribution < 1.29 is 9.59 Å². The zero-order valence-corrected chi connectivity index (χ0v) is 19.1. The maximum absolute atomic E-state index is 12.6. The highest BCUT2D eigenvalue weighted by Crippen LogP contribution is 2.38. The molecule has 0 saturated carbocycles. The van der Waals surface area contributed by atoms with Gasteiger partial charge >= 0.3 is 0 Å². The monoisotopic (exact) mass is 436 g/mol. The first-order valence-electron chi connectivity index (χ1n) is 10.8. The molecule has 6 nitrogen and oxygen atoms in total. The summed E-state index contributed by atoms with van der Waals surface area (Å²) in [6.07, 6.45) is 5.14. The lowest BCUT2D eigenvalue weighted by Gasteiger charge is -2.12. The van der Waals surface area contributed by atoms with Crippen molar-refractivity contribution in [2.24, 2.45) is 0 Å². The first-order chi connectivity index (χ1) is 15.0. The number of rotatable bonds is 6. The van der Waals surface area contributed by atoms with Crippen LogP contribution in [-0.2, 0) is 24.1 Å². The SMILES string of the molecule is CNC(=O)c1c(NC(=O)CCc2ccc(-n3nc(C)cc3C)cc2)sc2c1CCCC2. The van der Waals surface area contributed by atoms with Crippen molar-refractivity contribution in [3.8, 4) is 5.69 Å². The van der Waals surface area contributed by atoms with Crippen LogP contribution in [0.1, 0.15) is 57.0 Å². The number of thiophene rings is 1. The Morgan fingerprint density at radius 3 is 2.55 bits per heavy atom. The molecule has 1 aliphatic rings. The predicted molar refractivity (Wildman–Crippen MR) is 124 cm³/mol. The fourth-order valence-electron chi connectivity index (χ4n) is 4.16. The minimum absolute atomic E-state index is 0.0635. The highest BCUT2D eigenvalue weighted by Gasteiger charge is 2.25. The first-order valence-corrected chi connectivity index (χ1v) is 11.6. The Morgan fingerprint density at radius 2 is 1.87 bits per heavy atom. The highest BCUT2D eigenvalue weighted by atomic mass is 32.1. The van der Waals surface area contributed by atoms with E-state index in [0.29, 0.717) is 23.4 Å². The van der Waals surface area contributed by atoms with Gasteiger partial charge in [-0.05, 0) is 75.3 Å². The van der Waals surface area contributed by atoms with E-state index in [9.17, 15) is 9.59 Å². The average molecular weight is 437 g/mol. The van der Waals surface area contributed by atoms with Crippen LogP contribution in [0.2, 0.25) is 0 Å². The summed E-state index contributed by atoms with van der Waals surface area (Å²) in [6.45, 7) is 4.02. The van der Waals surface area contributed by atoms with Crippen LogP contribution < -0.4 is 10.6 Å². The normalized spacial score (nSPS) is 13.0. The molecule has 0 aliphatic heterocycles. The Balaban J connectivity index is 1.41. The smallest absolute Gasteiger partial charge is 0.254 e. The van der Waals surface area contributed by atoms with Gasteiger partial charge in [-0.15, -0.1) is 11.3 Å². The highest BCUT2D eigenvalue weighted by molar-refractivity contribution is 7.17. The second-order valence-corrected chi connectivity index (χ2v) is 9.15. The summed E-state index contributed by atoms with van der Waals surface area (Å²) in [5, 5.41) is 10.9. The third-order valence-corrected chi connectivity index (χ3v) is 6.92. The number of benzene rings is 1. The number of aryl methyl sites for hydroxylation is 4. The molecule has 1 aromatic carbocycles. The van der Waals surface area contributed by atoms with Crippen LogP contribution in [0.5, 0.6) is 0 Å². The van der Waals surface area contributed by atoms with Crippen LogP contribution in [0.25, 0.3) is 5.69 Å². The number of fused-ring (bicyclic) bond motifs is 1. The van der Waals surface area contributed by atoms with E-state index >= 15 is 0 Å². The molecule has 3 aromatic rings. The van der Waals surface area contributed by atoms with Crippen LogP contribution in [0.4, 0.5) is 5.00 Å². The van der Waals surface area contributed by atoms with Crippen molar-refractivity contribution >= 4 is 28.2 Å². The van der Waals surface area contributed by atoms with Crippen LogP contribution in [0.15, 0.2) is 30.3 Å². The number of aromatic nitrogens is 2. The number of nitrogens with one attached hydrogen (secondary N) is 2. The molecule has 0 unspecified atom stereocenters. The van der Waals surface area contributed by atoms with Gasteiger partial charge in [0.25, 0.3) is 5.91 Å². The Kier molecular flexibility index (Phi) is 6.23. The van der Waals surface area contributed by atoms with E-state index in [1.807, 2.05) is 48.9 Å². The topological polar surface area (TPSA) is 76.0 Å². The number of amides is 2. The fraction of sp³-hybridized carbons (Fsp3) is 0.375. The van der Waals surface area contributed by atoms with E-state index in [-0.39, 0.29) is 11.8 Å². The van der Waals surface area contributed by atoms with Crippen molar-refractivity contribution in [1.29, 1.82) is 0 Å². The number of nitrogens with zero attached hydrogens (tertiary/aromatic N) is 2. The average Bonchev–Trinajstić information content (AvgIpc) is 3.30. The maximum Gasteiger partial charge on any atom is 0.254 e. The summed E-state index contributed by atoms with van der Waals surface area (Å²) in [7, 11) is 1.64. The van der Waals surface area contributed by atoms with Gasteiger partial charge in [-0.1, -0.05) is 12.1 Å². The van der Waals surface area contributed by atoms with Gasteiger partial charge < -0.3 is 10.6 Å². The molecule has 1 aliphatic carbocycles. The lowest BCUT2D eigenvalue weighted by atomic mass is 9.95. The molecule has 0 fully saturated rings. The molecular formula is C24H28N4O2S. The third kappa shape index (κ3) is 4.56. The summed E-state index contributed by atoms with van der Waals surface area (Å²) in [5.74, 6) is -0.180. The number of anilines is 1. The van der Waals surface area contributed by atoms with Gasteiger partial charge in [-0.2, -0.15) is 5.10 Å². The van der Waals surface area contributed by atoms with Gasteiger partial charge in [0.15, 0.2) is 0 Å². The molecule has 2 N–H and O–H groups in total. The predicted octanol–water partition coefficient (Wildman–Crippen LogP) is 4.36. The number of carbonyl (C=O) groups is 2. The Bertz CT molecular complexity index is 1110. The van der Waals surface area contributed by atoms with Gasteiger partial charge in [0.2, 0.25) is 5.91 Å². The van der Waals surface area contributed by atoms with Crippen LogP contribution in [0, 0.1) is 13.8 Å². The molecule has 0 saturated heterocycles. The summed E-state index contributed by atoms with van der Waals surface area (Å²) in [6, 6.07) is 10.2. The molecule has 7 heteroatoms. The quantitative estimate of drug-likeness (QED) is 0.603. The molecule has 0 atom stereocenters. The minimum atomic E-state index is -0.116. The van der Waals surface area contributed by atoms with Crippen molar-refractivity contribution in [1.82, 2.24) is 15.1 Å². The van der Waals surface area contributed by atoms with Gasteiger partial charge in [-0.3, -0.25) is 9.59 Å². The van der Waals surface area contributed by atoms with Crippen LogP contribution in [-0.4, -0.2) is 28.6 Å². The van der Waals surface area contributed by atoms with E-state index in [4.69, 9.17) is 0 Å². The first kappa shape index (κ1) is 21.3. The largest absolute Gasteiger partial charge is 0.355 e. The van der Waals surface area contributed by atoms with Crippen LogP contribution >= 0.6 is 11.3 Å². The molecule has 0 bridgehead atoms. The van der Waals surface area contributed by atoms with E-state index in [1.165, 1.54) is 4.88 Å². The molecule has 0 spiro atoms. The lowest BCUT2D eigenvalue weighted by Crippen LogP contribution is -2.22. The summed E-state index contributed by atoms with van der Waals surface area (Å²) in [5.41, 5.74) is 5.96. The van der Waals surface area contributed by atoms with Gasteiger partial charge in [-0.25, -0.2) is 4.68 Å². The zero-order chi connectivity index (χ0) is 22.0. The van der Waals surface area contributed by atoms with Gasteiger partial charge in [0.05, 0.1) is 16.9 Å². The van der Waals surface area contributed by atoms with E-state index < -0.39 is 0 Å². The Hall–Kier alpha value is -2.93. The molecular weight excluding hydrogens is 408 g/mol. The van der Waals surface area contributed by atoms with E-state index in [2.05, 4.69) is 15.7 Å². The summed E-state index contributed by atoms with van der Waals surface area (Å²) < 4.78 is 1.92. The molecule has 0 radical (unpaired) electrons. The number of hydrogen-bond acceptors (Lipinski definition) is 4. The Labute approximate surface area is 186 Å². The zero-order valence-electron chi connectivity index (χ0n) is 18.2. The van der Waals surface area contributed by atoms with Gasteiger partial charge in [0.1, 0.15) is 5.00 Å². The van der Waals surface area contributed by atoms with Crippen molar-refractivity contribution in [2.75, 3.05) is 12.4 Å². The van der Waals surface area contributed by atoms with E-state index in [1.54, 1.807) is 18.4 Å². The van der Waals surface area contributed by atoms with Crippen molar-refractivity contribution in [3.63, 3.8) is 0 Å². The molecule has 2 heterocycles. The molecule has 31 heavy (non-hydrogen) atoms. The molecule has 4 rings (SSSR count). The summed E-state index contributed by atoms with van der Waals surface area (Å²) in [4.78, 5) is 26.3. The Morgan fingerprint density at radius 1 is 1.13 bits per heavy atom. The molecule has 162 valence electrons. The van der Waals surface area contributed by atoms with Crippen molar-refractivity contribution in [3.05, 3.63) is 63.3 Å². The molecule has 2 amide bonds. The summed E-state index contributed by atoms with van der Waals surface area (Å²) >= 11 is 1.56. The fourth-order valence-corrected chi connectivity index (χ4v) is 5.46. The third-order valence-electron chi connectivity index (χ3n) is 5.71. The lowest BCUT2D eigenvalue weighted by molar-refractivity contribution is -0.116. The van der Waals surface area contributed by atoms with Crippen molar-refractivity contribution in [2.45, 2.75) is 52.4 Å². The standard InChI is InChI=1S/C24H28N4O2S/c1-15-14-16(2)28(27-15)18-11-8-17(9-12-18)10-13-21(29)26-24-22(23(30)25-3)19-6-4-5-7-20(19)31-24/h8-9,11-12,14H,4-7,10,13H2,1-3H3,(H,25,30)(H,26,29). The van der Waals surface area contributed by atoms with E-state index in [0.717, 1.165) is 53.9 Å². The number of carbonyl (C=O) groups excluding carboxylic acids is 2. The maximum atomic E-state index is 12.6. The second kappa shape index (κ2) is 9.06. The van der Waals surface area contributed by atoms with Gasteiger partial charge in [0, 0.05) is 24.0 Å². The second-order valence-electron chi connectivity index (χ2n) is 8.05.